The molecule has 2 rings (SSSR count). The minimum Gasteiger partial charge on any atom is -0.478 e. The van der Waals surface area contributed by atoms with Crippen LogP contribution in [0.15, 0.2) is 35.5 Å². The van der Waals surface area contributed by atoms with E-state index in [-0.39, 0.29) is 17.7 Å². The van der Waals surface area contributed by atoms with Crippen LogP contribution in [0.25, 0.3) is 0 Å². The Labute approximate surface area is 96.8 Å². The van der Waals surface area contributed by atoms with Gasteiger partial charge in [-0.1, -0.05) is 0 Å². The number of carboxylic acids is 1. The van der Waals surface area contributed by atoms with Gasteiger partial charge in [0.15, 0.2) is 0 Å². The molecule has 2 aromatic rings. The maximum Gasteiger partial charge on any atom is 0.337 e. The van der Waals surface area contributed by atoms with Crippen molar-refractivity contribution >= 4 is 5.97 Å². The minimum absolute atomic E-state index is 0.0822. The zero-order chi connectivity index (χ0) is 12.4. The Kier molecular flexibility index (Phi) is 2.78. The lowest BCUT2D eigenvalue weighted by molar-refractivity contribution is 0.0696. The largest absolute Gasteiger partial charge is 0.478 e. The van der Waals surface area contributed by atoms with Gasteiger partial charge in [-0.2, -0.15) is 0 Å². The SMILES string of the molecule is Cn1ccnc1Cn1cc(C(=O)O)ccc1=O. The van der Waals surface area contributed by atoms with Gasteiger partial charge < -0.3 is 14.2 Å². The van der Waals surface area contributed by atoms with Gasteiger partial charge in [0.05, 0.1) is 12.1 Å². The van der Waals surface area contributed by atoms with Crippen molar-refractivity contribution in [2.45, 2.75) is 6.54 Å². The van der Waals surface area contributed by atoms with E-state index >= 15 is 0 Å². The summed E-state index contributed by atoms with van der Waals surface area (Å²) in [5.41, 5.74) is -0.170. The number of nitrogens with zero attached hydrogens (tertiary/aromatic N) is 3. The molecule has 0 saturated heterocycles. The molecule has 0 aliphatic heterocycles. The van der Waals surface area contributed by atoms with Crippen molar-refractivity contribution in [3.63, 3.8) is 0 Å². The number of imidazole rings is 1. The fourth-order valence-electron chi connectivity index (χ4n) is 1.48. The second kappa shape index (κ2) is 4.25. The zero-order valence-corrected chi connectivity index (χ0v) is 9.20. The number of carboxylic acid groups (broad SMARTS) is 1. The maximum atomic E-state index is 11.6. The lowest BCUT2D eigenvalue weighted by Crippen LogP contribution is -2.22. The third kappa shape index (κ3) is 2.25. The maximum absolute atomic E-state index is 11.6. The normalized spacial score (nSPS) is 10.4. The van der Waals surface area contributed by atoms with Crippen LogP contribution in [0.5, 0.6) is 0 Å². The summed E-state index contributed by atoms with van der Waals surface area (Å²) in [7, 11) is 1.81. The second-order valence-electron chi connectivity index (χ2n) is 3.64. The standard InChI is InChI=1S/C11H11N3O3/c1-13-5-4-12-9(13)7-14-6-8(11(16)17)2-3-10(14)15/h2-6H,7H2,1H3,(H,16,17). The van der Waals surface area contributed by atoms with Gasteiger partial charge in [-0.25, -0.2) is 9.78 Å². The number of hydrogen-bond acceptors (Lipinski definition) is 3. The highest BCUT2D eigenvalue weighted by Gasteiger charge is 2.07. The highest BCUT2D eigenvalue weighted by Crippen LogP contribution is 2.00. The number of aromatic carboxylic acids is 1. The van der Waals surface area contributed by atoms with Crippen molar-refractivity contribution in [1.82, 2.24) is 14.1 Å². The quantitative estimate of drug-likeness (QED) is 0.828. The molecule has 0 saturated carbocycles. The molecular formula is C11H11N3O3. The van der Waals surface area contributed by atoms with E-state index in [0.717, 1.165) is 0 Å². The van der Waals surface area contributed by atoms with Gasteiger partial charge in [0.25, 0.3) is 5.56 Å². The predicted octanol–water partition coefficient (Wildman–Crippen LogP) is 0.328. The van der Waals surface area contributed by atoms with E-state index < -0.39 is 5.97 Å². The molecule has 0 radical (unpaired) electrons. The van der Waals surface area contributed by atoms with Crippen molar-refractivity contribution in [3.8, 4) is 0 Å². The summed E-state index contributed by atoms with van der Waals surface area (Å²) in [6.07, 6.45) is 4.71. The van der Waals surface area contributed by atoms with E-state index in [1.807, 2.05) is 7.05 Å². The van der Waals surface area contributed by atoms with Crippen molar-refractivity contribution < 1.29 is 9.90 Å². The van der Waals surface area contributed by atoms with Gasteiger partial charge in [-0.15, -0.1) is 0 Å². The average Bonchev–Trinajstić information content (AvgIpc) is 2.67. The van der Waals surface area contributed by atoms with Gasteiger partial charge in [-0.05, 0) is 6.07 Å². The molecule has 0 aliphatic rings. The van der Waals surface area contributed by atoms with Gasteiger partial charge in [-0.3, -0.25) is 4.79 Å². The first-order valence-electron chi connectivity index (χ1n) is 4.98. The molecule has 0 aliphatic carbocycles. The number of hydrogen-bond donors (Lipinski definition) is 1. The zero-order valence-electron chi connectivity index (χ0n) is 9.20. The van der Waals surface area contributed by atoms with Crippen LogP contribution < -0.4 is 5.56 Å². The molecule has 0 spiro atoms. The van der Waals surface area contributed by atoms with E-state index in [1.54, 1.807) is 17.0 Å². The molecule has 0 amide bonds. The molecule has 0 aromatic carbocycles. The monoisotopic (exact) mass is 233 g/mol. The minimum atomic E-state index is -1.06. The number of carbonyl (C=O) groups is 1. The van der Waals surface area contributed by atoms with Crippen LogP contribution in [-0.2, 0) is 13.6 Å². The summed E-state index contributed by atoms with van der Waals surface area (Å²) in [5, 5.41) is 8.84. The Bertz CT molecular complexity index is 612. The smallest absolute Gasteiger partial charge is 0.337 e. The van der Waals surface area contributed by atoms with E-state index in [1.165, 1.54) is 22.9 Å². The Hall–Kier alpha value is -2.37. The topological polar surface area (TPSA) is 77.1 Å². The summed E-state index contributed by atoms with van der Waals surface area (Å²) in [4.78, 5) is 26.4. The first kappa shape index (κ1) is 11.1. The molecule has 6 heteroatoms. The van der Waals surface area contributed by atoms with Crippen LogP contribution in [0.3, 0.4) is 0 Å². The van der Waals surface area contributed by atoms with Crippen LogP contribution in [0.2, 0.25) is 0 Å². The fourth-order valence-corrected chi connectivity index (χ4v) is 1.48. The van der Waals surface area contributed by atoms with E-state index in [2.05, 4.69) is 4.98 Å². The Balaban J connectivity index is 2.39. The molecule has 88 valence electrons. The molecule has 17 heavy (non-hydrogen) atoms. The van der Waals surface area contributed by atoms with Crippen molar-refractivity contribution in [2.75, 3.05) is 0 Å². The summed E-state index contributed by atoms with van der Waals surface area (Å²) in [6.45, 7) is 0.253. The third-order valence-electron chi connectivity index (χ3n) is 2.46. The molecule has 0 bridgehead atoms. The highest BCUT2D eigenvalue weighted by molar-refractivity contribution is 5.87. The Morgan fingerprint density at radius 1 is 1.47 bits per heavy atom. The molecule has 0 atom stereocenters. The second-order valence-corrected chi connectivity index (χ2v) is 3.64. The Morgan fingerprint density at radius 3 is 2.82 bits per heavy atom. The average molecular weight is 233 g/mol. The Morgan fingerprint density at radius 2 is 2.24 bits per heavy atom. The van der Waals surface area contributed by atoms with Crippen molar-refractivity contribution in [2.24, 2.45) is 7.05 Å². The molecule has 6 nitrogen and oxygen atoms in total. The lowest BCUT2D eigenvalue weighted by atomic mass is 10.3. The van der Waals surface area contributed by atoms with Gasteiger partial charge >= 0.3 is 5.97 Å². The highest BCUT2D eigenvalue weighted by atomic mass is 16.4. The van der Waals surface area contributed by atoms with Crippen LogP contribution in [0.4, 0.5) is 0 Å². The van der Waals surface area contributed by atoms with E-state index in [0.29, 0.717) is 5.82 Å². The van der Waals surface area contributed by atoms with Crippen LogP contribution in [-0.4, -0.2) is 25.2 Å². The van der Waals surface area contributed by atoms with Crippen LogP contribution in [0, 0.1) is 0 Å². The number of rotatable bonds is 3. The summed E-state index contributed by atoms with van der Waals surface area (Å²) < 4.78 is 3.10. The third-order valence-corrected chi connectivity index (χ3v) is 2.46. The number of aryl methyl sites for hydroxylation is 1. The first-order valence-corrected chi connectivity index (χ1v) is 4.98. The molecule has 2 aromatic heterocycles. The van der Waals surface area contributed by atoms with Gasteiger partial charge in [0.2, 0.25) is 0 Å². The van der Waals surface area contributed by atoms with Gasteiger partial charge in [0.1, 0.15) is 5.82 Å². The first-order chi connectivity index (χ1) is 8.08. The van der Waals surface area contributed by atoms with E-state index in [4.69, 9.17) is 5.11 Å². The van der Waals surface area contributed by atoms with Crippen LogP contribution in [0.1, 0.15) is 16.2 Å². The lowest BCUT2D eigenvalue weighted by Gasteiger charge is -2.06. The fraction of sp³-hybridized carbons (Fsp3) is 0.182. The van der Waals surface area contributed by atoms with E-state index in [9.17, 15) is 9.59 Å². The molecule has 0 unspecified atom stereocenters. The van der Waals surface area contributed by atoms with Crippen molar-refractivity contribution in [3.05, 3.63) is 52.5 Å². The molecule has 0 fully saturated rings. The summed E-state index contributed by atoms with van der Waals surface area (Å²) in [5.74, 6) is -0.367. The molecular weight excluding hydrogens is 222 g/mol. The summed E-state index contributed by atoms with van der Waals surface area (Å²) >= 11 is 0. The van der Waals surface area contributed by atoms with Gasteiger partial charge in [0, 0.05) is 31.7 Å². The number of aromatic nitrogens is 3. The van der Waals surface area contributed by atoms with Crippen molar-refractivity contribution in [1.29, 1.82) is 0 Å². The number of pyridine rings is 1. The predicted molar refractivity (Wildman–Crippen MR) is 60.0 cm³/mol. The van der Waals surface area contributed by atoms with Crippen LogP contribution >= 0.6 is 0 Å². The summed E-state index contributed by atoms with van der Waals surface area (Å²) in [6, 6.07) is 2.53. The molecule has 1 N–H and O–H groups in total. The molecule has 2 heterocycles.